The van der Waals surface area contributed by atoms with Crippen LogP contribution in [0.1, 0.15) is 17.0 Å². The first-order valence-corrected chi connectivity index (χ1v) is 7.37. The number of aromatic nitrogens is 4. The Morgan fingerprint density at radius 1 is 1.12 bits per heavy atom. The molecule has 128 valence electrons. The Morgan fingerprint density at radius 3 is 2.52 bits per heavy atom. The number of benzene rings is 1. The molecular weight excluding hydrogens is 357 g/mol. The van der Waals surface area contributed by atoms with E-state index >= 15 is 0 Å². The molecule has 0 aliphatic rings. The van der Waals surface area contributed by atoms with Crippen LogP contribution in [-0.4, -0.2) is 20.2 Å². The number of rotatable bonds is 3. The number of nitrogens with zero attached hydrogens (tertiary/aromatic N) is 2. The zero-order valence-corrected chi connectivity index (χ0v) is 13.2. The maximum Gasteiger partial charge on any atom is 0.431 e. The molecule has 0 unspecified atom stereocenters. The summed E-state index contributed by atoms with van der Waals surface area (Å²) in [6.45, 7) is 0. The molecule has 0 aliphatic carbocycles. The molecule has 5 nitrogen and oxygen atoms in total. The topological polar surface area (TPSA) is 74.4 Å². The number of H-pyrrole nitrogens is 2. The van der Waals surface area contributed by atoms with Gasteiger partial charge in [-0.25, -0.2) is 4.79 Å². The van der Waals surface area contributed by atoms with Gasteiger partial charge in [0.05, 0.1) is 17.6 Å². The molecule has 0 aliphatic heterocycles. The molecule has 0 spiro atoms. The first-order valence-electron chi connectivity index (χ1n) is 6.99. The van der Waals surface area contributed by atoms with Crippen molar-refractivity contribution in [3.8, 4) is 11.3 Å². The Kier molecular flexibility index (Phi) is 4.45. The van der Waals surface area contributed by atoms with Crippen molar-refractivity contribution in [3.63, 3.8) is 0 Å². The van der Waals surface area contributed by atoms with Crippen LogP contribution in [0.25, 0.3) is 23.4 Å². The van der Waals surface area contributed by atoms with Gasteiger partial charge in [-0.05, 0) is 30.4 Å². The molecule has 9 heteroatoms. The molecule has 0 saturated carbocycles. The lowest BCUT2D eigenvalue weighted by Crippen LogP contribution is -2.19. The van der Waals surface area contributed by atoms with Crippen molar-refractivity contribution in [2.75, 3.05) is 0 Å². The predicted molar refractivity (Wildman–Crippen MR) is 87.8 cm³/mol. The molecule has 0 bridgehead atoms. The van der Waals surface area contributed by atoms with Gasteiger partial charge in [-0.3, -0.25) is 5.10 Å². The molecule has 1 aromatic carbocycles. The third kappa shape index (κ3) is 3.97. The number of alkyl halides is 3. The van der Waals surface area contributed by atoms with Gasteiger partial charge in [-0.1, -0.05) is 23.7 Å². The number of hydrogen-bond acceptors (Lipinski definition) is 3. The second-order valence-electron chi connectivity index (χ2n) is 5.06. The summed E-state index contributed by atoms with van der Waals surface area (Å²) >= 11 is 5.85. The molecule has 0 fully saturated rings. The van der Waals surface area contributed by atoms with Crippen LogP contribution in [0.3, 0.4) is 0 Å². The highest BCUT2D eigenvalue weighted by molar-refractivity contribution is 6.30. The summed E-state index contributed by atoms with van der Waals surface area (Å²) in [7, 11) is 0. The normalized spacial score (nSPS) is 12.0. The molecule has 0 amide bonds. The van der Waals surface area contributed by atoms with Crippen molar-refractivity contribution >= 4 is 23.8 Å². The molecule has 3 rings (SSSR count). The highest BCUT2D eigenvalue weighted by atomic mass is 35.5. The maximum atomic E-state index is 12.7. The van der Waals surface area contributed by atoms with Crippen LogP contribution >= 0.6 is 11.6 Å². The maximum absolute atomic E-state index is 12.7. The zero-order valence-electron chi connectivity index (χ0n) is 12.4. The van der Waals surface area contributed by atoms with E-state index in [9.17, 15) is 18.0 Å². The van der Waals surface area contributed by atoms with Crippen molar-refractivity contribution in [1.29, 1.82) is 0 Å². The summed E-state index contributed by atoms with van der Waals surface area (Å²) in [6.07, 6.45) is -0.308. The minimum absolute atomic E-state index is 0.112. The monoisotopic (exact) mass is 366 g/mol. The van der Waals surface area contributed by atoms with E-state index in [0.717, 1.165) is 11.6 Å². The van der Waals surface area contributed by atoms with E-state index in [1.54, 1.807) is 29.2 Å². The quantitative estimate of drug-likeness (QED) is 0.735. The van der Waals surface area contributed by atoms with Crippen molar-refractivity contribution in [1.82, 2.24) is 20.2 Å². The molecule has 2 N–H and O–H groups in total. The fourth-order valence-electron chi connectivity index (χ4n) is 2.16. The summed E-state index contributed by atoms with van der Waals surface area (Å²) in [4.78, 5) is 16.5. The van der Waals surface area contributed by atoms with Crippen molar-refractivity contribution < 1.29 is 13.2 Å². The smallest absolute Gasteiger partial charge is 0.302 e. The Morgan fingerprint density at radius 2 is 1.84 bits per heavy atom. The van der Waals surface area contributed by atoms with E-state index in [4.69, 9.17) is 11.6 Å². The standard InChI is InChI=1S/C16H10ClF3N4O/c17-11-4-1-9(2-5-11)14-10(8-21-24-14)3-6-12-7-13(16(18,19)20)23-15(25)22-12/h1-8H,(H,21,24)(H,22,23,25)/b6-3+. The summed E-state index contributed by atoms with van der Waals surface area (Å²) in [5.74, 6) is 0. The molecule has 0 radical (unpaired) electrons. The first kappa shape index (κ1) is 17.0. The van der Waals surface area contributed by atoms with Gasteiger partial charge in [0.1, 0.15) is 5.69 Å². The van der Waals surface area contributed by atoms with Gasteiger partial charge in [0.15, 0.2) is 0 Å². The number of aromatic amines is 2. The van der Waals surface area contributed by atoms with Crippen LogP contribution in [-0.2, 0) is 6.18 Å². The van der Waals surface area contributed by atoms with Gasteiger partial charge < -0.3 is 4.98 Å². The van der Waals surface area contributed by atoms with E-state index in [1.807, 2.05) is 0 Å². The van der Waals surface area contributed by atoms with E-state index < -0.39 is 17.6 Å². The molecule has 25 heavy (non-hydrogen) atoms. The third-order valence-corrected chi connectivity index (χ3v) is 3.56. The Bertz CT molecular complexity index is 974. The second-order valence-corrected chi connectivity index (χ2v) is 5.50. The first-order chi connectivity index (χ1) is 11.8. The van der Waals surface area contributed by atoms with Crippen molar-refractivity contribution in [3.05, 3.63) is 69.0 Å². The highest BCUT2D eigenvalue weighted by Gasteiger charge is 2.32. The van der Waals surface area contributed by atoms with E-state index in [-0.39, 0.29) is 5.69 Å². The lowest BCUT2D eigenvalue weighted by atomic mass is 10.1. The lowest BCUT2D eigenvalue weighted by Gasteiger charge is -2.05. The Balaban J connectivity index is 1.94. The van der Waals surface area contributed by atoms with Gasteiger partial charge in [0, 0.05) is 16.1 Å². The third-order valence-electron chi connectivity index (χ3n) is 3.31. The van der Waals surface area contributed by atoms with Crippen LogP contribution in [0.2, 0.25) is 5.02 Å². The fourth-order valence-corrected chi connectivity index (χ4v) is 2.29. The van der Waals surface area contributed by atoms with Gasteiger partial charge in [-0.2, -0.15) is 23.3 Å². The van der Waals surface area contributed by atoms with E-state index in [2.05, 4.69) is 15.2 Å². The minimum Gasteiger partial charge on any atom is -0.302 e. The average molecular weight is 367 g/mol. The summed E-state index contributed by atoms with van der Waals surface area (Å²) < 4.78 is 38.2. The molecule has 3 aromatic rings. The molecule has 2 aromatic heterocycles. The largest absolute Gasteiger partial charge is 0.431 e. The van der Waals surface area contributed by atoms with Crippen LogP contribution in [0, 0.1) is 0 Å². The van der Waals surface area contributed by atoms with Crippen LogP contribution in [0.15, 0.2) is 41.3 Å². The predicted octanol–water partition coefficient (Wildman–Crippen LogP) is 4.00. The SMILES string of the molecule is O=c1nc(/C=C/c2cn[nH]c2-c2ccc(Cl)cc2)cc(C(F)(F)F)[nH]1. The van der Waals surface area contributed by atoms with Crippen molar-refractivity contribution in [2.24, 2.45) is 0 Å². The van der Waals surface area contributed by atoms with Crippen LogP contribution in [0.5, 0.6) is 0 Å². The lowest BCUT2D eigenvalue weighted by molar-refractivity contribution is -0.141. The minimum atomic E-state index is -4.66. The molecule has 0 saturated heterocycles. The van der Waals surface area contributed by atoms with E-state index in [1.165, 1.54) is 18.3 Å². The summed E-state index contributed by atoms with van der Waals surface area (Å²) in [5, 5.41) is 7.32. The fraction of sp³-hybridized carbons (Fsp3) is 0.0625. The molecule has 0 atom stereocenters. The van der Waals surface area contributed by atoms with Crippen LogP contribution in [0.4, 0.5) is 13.2 Å². The average Bonchev–Trinajstić information content (AvgIpc) is 3.01. The molecular formula is C16H10ClF3N4O. The van der Waals surface area contributed by atoms with Gasteiger partial charge >= 0.3 is 11.9 Å². The summed E-state index contributed by atoms with van der Waals surface area (Å²) in [5.41, 5.74) is -0.251. The van der Waals surface area contributed by atoms with E-state index in [0.29, 0.717) is 16.3 Å². The Labute approximate surface area is 144 Å². The van der Waals surface area contributed by atoms with Crippen molar-refractivity contribution in [2.45, 2.75) is 6.18 Å². The number of hydrogen-bond donors (Lipinski definition) is 2. The number of halogens is 4. The molecule has 2 heterocycles. The highest BCUT2D eigenvalue weighted by Crippen LogP contribution is 2.27. The second kappa shape index (κ2) is 6.56. The Hall–Kier alpha value is -2.87. The zero-order chi connectivity index (χ0) is 18.0. The van der Waals surface area contributed by atoms with Crippen LogP contribution < -0.4 is 5.69 Å². The number of nitrogens with one attached hydrogen (secondary N) is 2. The van der Waals surface area contributed by atoms with Gasteiger partial charge in [-0.15, -0.1) is 0 Å². The van der Waals surface area contributed by atoms with Gasteiger partial charge in [0.2, 0.25) is 0 Å². The summed E-state index contributed by atoms with van der Waals surface area (Å²) in [6, 6.07) is 7.74. The van der Waals surface area contributed by atoms with Gasteiger partial charge in [0.25, 0.3) is 0 Å².